The molecule has 30 heavy (non-hydrogen) atoms. The number of benzene rings is 1. The average Bonchev–Trinajstić information content (AvgIpc) is 3.27. The molecular formula is C21H26N2O6S. The van der Waals surface area contributed by atoms with Gasteiger partial charge in [0, 0.05) is 5.56 Å². The maximum atomic E-state index is 12.8. The first-order valence-corrected chi connectivity index (χ1v) is 11.3. The molecule has 0 aliphatic heterocycles. The van der Waals surface area contributed by atoms with Crippen LogP contribution in [-0.2, 0) is 26.1 Å². The molecular weight excluding hydrogens is 408 g/mol. The highest BCUT2D eigenvalue weighted by atomic mass is 32.2. The predicted octanol–water partition coefficient (Wildman–Crippen LogP) is 2.61. The van der Waals surface area contributed by atoms with Crippen molar-refractivity contribution in [2.45, 2.75) is 49.6 Å². The van der Waals surface area contributed by atoms with E-state index >= 15 is 0 Å². The molecule has 8 nitrogen and oxygen atoms in total. The van der Waals surface area contributed by atoms with Crippen LogP contribution in [0.4, 0.5) is 0 Å². The van der Waals surface area contributed by atoms with Gasteiger partial charge in [-0.2, -0.15) is 0 Å². The lowest BCUT2D eigenvalue weighted by molar-refractivity contribution is -0.150. The van der Waals surface area contributed by atoms with Gasteiger partial charge in [0.05, 0.1) is 24.8 Å². The van der Waals surface area contributed by atoms with Crippen LogP contribution in [0.15, 0.2) is 52.0 Å². The number of carbonyl (C=O) groups is 2. The molecule has 0 unspecified atom stereocenters. The standard InChI is InChI=1S/C21H26N2O6S/c1-15-9-11-21(12-10-15,20(25)28-2)23-19(24)16-5-7-18(8-6-16)30(26,27)22-14-17-4-3-13-29-17/h3-8,13,15,22H,9-12,14H2,1-2H3,(H,23,24). The van der Waals surface area contributed by atoms with Gasteiger partial charge in [0.1, 0.15) is 11.3 Å². The lowest BCUT2D eigenvalue weighted by Crippen LogP contribution is -2.56. The van der Waals surface area contributed by atoms with Crippen LogP contribution >= 0.6 is 0 Å². The molecule has 2 aromatic rings. The Morgan fingerprint density at radius 1 is 1.17 bits per heavy atom. The monoisotopic (exact) mass is 434 g/mol. The summed E-state index contributed by atoms with van der Waals surface area (Å²) in [5, 5.41) is 2.83. The Morgan fingerprint density at radius 2 is 1.83 bits per heavy atom. The Labute approximate surface area is 176 Å². The van der Waals surface area contributed by atoms with Crippen LogP contribution in [0.2, 0.25) is 0 Å². The molecule has 1 aliphatic carbocycles. The summed E-state index contributed by atoms with van der Waals surface area (Å²) in [7, 11) is -2.45. The second-order valence-electron chi connectivity index (χ2n) is 7.64. The number of hydrogen-bond acceptors (Lipinski definition) is 6. The first-order valence-electron chi connectivity index (χ1n) is 9.79. The third-order valence-corrected chi connectivity index (χ3v) is 6.92. The van der Waals surface area contributed by atoms with E-state index in [1.54, 1.807) is 12.1 Å². The maximum Gasteiger partial charge on any atom is 0.331 e. The maximum absolute atomic E-state index is 12.8. The van der Waals surface area contributed by atoms with Crippen molar-refractivity contribution in [2.24, 2.45) is 5.92 Å². The zero-order valence-corrected chi connectivity index (χ0v) is 17.8. The largest absolute Gasteiger partial charge is 0.468 e. The third-order valence-electron chi connectivity index (χ3n) is 5.50. The fourth-order valence-corrected chi connectivity index (χ4v) is 4.56. The topological polar surface area (TPSA) is 115 Å². The fourth-order valence-electron chi connectivity index (χ4n) is 3.57. The zero-order valence-electron chi connectivity index (χ0n) is 17.0. The highest BCUT2D eigenvalue weighted by Gasteiger charge is 2.43. The summed E-state index contributed by atoms with van der Waals surface area (Å²) >= 11 is 0. The number of hydrogen-bond donors (Lipinski definition) is 2. The van der Waals surface area contributed by atoms with Gasteiger partial charge in [0.15, 0.2) is 0 Å². The summed E-state index contributed by atoms with van der Waals surface area (Å²) in [6.07, 6.45) is 4.11. The highest BCUT2D eigenvalue weighted by molar-refractivity contribution is 7.89. The number of furan rings is 1. The number of carbonyl (C=O) groups excluding carboxylic acids is 2. The average molecular weight is 435 g/mol. The molecule has 1 amide bonds. The van der Waals surface area contributed by atoms with Crippen molar-refractivity contribution < 1.29 is 27.2 Å². The van der Waals surface area contributed by atoms with Gasteiger partial charge in [-0.25, -0.2) is 17.9 Å². The minimum Gasteiger partial charge on any atom is -0.468 e. The smallest absolute Gasteiger partial charge is 0.331 e. The molecule has 1 heterocycles. The Kier molecular flexibility index (Phi) is 6.62. The molecule has 2 N–H and O–H groups in total. The van der Waals surface area contributed by atoms with E-state index in [4.69, 9.17) is 9.15 Å². The van der Waals surface area contributed by atoms with Gasteiger partial charge in [-0.15, -0.1) is 0 Å². The van der Waals surface area contributed by atoms with Crippen LogP contribution in [0.3, 0.4) is 0 Å². The Bertz CT molecular complexity index is 975. The van der Waals surface area contributed by atoms with Crippen LogP contribution in [0.5, 0.6) is 0 Å². The fraction of sp³-hybridized carbons (Fsp3) is 0.429. The predicted molar refractivity (Wildman–Crippen MR) is 109 cm³/mol. The van der Waals surface area contributed by atoms with Crippen LogP contribution in [0, 0.1) is 5.92 Å². The number of rotatable bonds is 7. The van der Waals surface area contributed by atoms with Crippen LogP contribution in [0.25, 0.3) is 0 Å². The van der Waals surface area contributed by atoms with Crippen molar-refractivity contribution in [1.29, 1.82) is 0 Å². The summed E-state index contributed by atoms with van der Waals surface area (Å²) < 4.78 is 37.3. The van der Waals surface area contributed by atoms with E-state index in [1.165, 1.54) is 37.6 Å². The molecule has 1 aliphatic rings. The first-order chi connectivity index (χ1) is 14.3. The molecule has 1 saturated carbocycles. The van der Waals surface area contributed by atoms with Gasteiger partial charge < -0.3 is 14.5 Å². The number of nitrogens with one attached hydrogen (secondary N) is 2. The van der Waals surface area contributed by atoms with E-state index in [1.807, 2.05) is 0 Å². The van der Waals surface area contributed by atoms with Gasteiger partial charge in [-0.05, 0) is 68.0 Å². The lowest BCUT2D eigenvalue weighted by atomic mass is 9.77. The van der Waals surface area contributed by atoms with Crippen LogP contribution in [0.1, 0.15) is 48.7 Å². The Balaban J connectivity index is 1.70. The number of amides is 1. The molecule has 9 heteroatoms. The van der Waals surface area contributed by atoms with E-state index in [2.05, 4.69) is 17.0 Å². The minimum atomic E-state index is -3.76. The number of esters is 1. The van der Waals surface area contributed by atoms with Crippen molar-refractivity contribution in [3.05, 3.63) is 54.0 Å². The molecule has 0 bridgehead atoms. The van der Waals surface area contributed by atoms with E-state index in [-0.39, 0.29) is 17.0 Å². The molecule has 1 aromatic heterocycles. The second-order valence-corrected chi connectivity index (χ2v) is 9.41. The van der Waals surface area contributed by atoms with Gasteiger partial charge >= 0.3 is 5.97 Å². The number of methoxy groups -OCH3 is 1. The molecule has 0 saturated heterocycles. The SMILES string of the molecule is COC(=O)C1(NC(=O)c2ccc(S(=O)(=O)NCc3ccco3)cc2)CCC(C)CC1. The summed E-state index contributed by atoms with van der Waals surface area (Å²) in [5.74, 6) is 0.0776. The summed E-state index contributed by atoms with van der Waals surface area (Å²) in [6.45, 7) is 2.14. The van der Waals surface area contributed by atoms with E-state index in [0.717, 1.165) is 12.8 Å². The van der Waals surface area contributed by atoms with Gasteiger partial charge in [0.25, 0.3) is 5.91 Å². The van der Waals surface area contributed by atoms with Crippen molar-refractivity contribution in [1.82, 2.24) is 10.0 Å². The van der Waals surface area contributed by atoms with E-state index < -0.39 is 27.4 Å². The Hall–Kier alpha value is -2.65. The molecule has 0 spiro atoms. The lowest BCUT2D eigenvalue weighted by Gasteiger charge is -2.37. The second kappa shape index (κ2) is 9.01. The normalized spacial score (nSPS) is 21.7. The minimum absolute atomic E-state index is 0.0254. The first kappa shape index (κ1) is 22.0. The van der Waals surface area contributed by atoms with Crippen molar-refractivity contribution in [3.63, 3.8) is 0 Å². The molecule has 3 rings (SSSR count). The summed E-state index contributed by atoms with van der Waals surface area (Å²) in [6, 6.07) is 8.89. The zero-order chi connectivity index (χ0) is 21.8. The van der Waals surface area contributed by atoms with Gasteiger partial charge in [-0.1, -0.05) is 6.92 Å². The molecule has 1 fully saturated rings. The van der Waals surface area contributed by atoms with Crippen molar-refractivity contribution in [2.75, 3.05) is 7.11 Å². The van der Waals surface area contributed by atoms with Crippen molar-refractivity contribution >= 4 is 21.9 Å². The van der Waals surface area contributed by atoms with Crippen LogP contribution < -0.4 is 10.0 Å². The summed E-state index contributed by atoms with van der Waals surface area (Å²) in [5.41, 5.74) is -0.782. The number of sulfonamides is 1. The summed E-state index contributed by atoms with van der Waals surface area (Å²) in [4.78, 5) is 25.2. The van der Waals surface area contributed by atoms with Gasteiger partial charge in [-0.3, -0.25) is 4.79 Å². The number of ether oxygens (including phenoxy) is 1. The Morgan fingerprint density at radius 3 is 2.40 bits per heavy atom. The van der Waals surface area contributed by atoms with E-state index in [0.29, 0.717) is 24.5 Å². The molecule has 1 aromatic carbocycles. The van der Waals surface area contributed by atoms with E-state index in [9.17, 15) is 18.0 Å². The quantitative estimate of drug-likeness (QED) is 0.648. The molecule has 0 radical (unpaired) electrons. The highest BCUT2D eigenvalue weighted by Crippen LogP contribution is 2.33. The van der Waals surface area contributed by atoms with Crippen molar-refractivity contribution in [3.8, 4) is 0 Å². The third kappa shape index (κ3) is 4.91. The van der Waals surface area contributed by atoms with Crippen LogP contribution in [-0.4, -0.2) is 32.9 Å². The molecule has 0 atom stereocenters. The molecule has 162 valence electrons. The van der Waals surface area contributed by atoms with Gasteiger partial charge in [0.2, 0.25) is 10.0 Å².